The van der Waals surface area contributed by atoms with E-state index in [-0.39, 0.29) is 23.7 Å². The highest BCUT2D eigenvalue weighted by Crippen LogP contribution is 2.29. The number of hydrogen-bond donors (Lipinski definition) is 1. The van der Waals surface area contributed by atoms with E-state index < -0.39 is 11.9 Å². The van der Waals surface area contributed by atoms with Crippen molar-refractivity contribution in [3.63, 3.8) is 0 Å². The van der Waals surface area contributed by atoms with Crippen LogP contribution in [0.25, 0.3) is 5.69 Å². The molecule has 3 heterocycles. The van der Waals surface area contributed by atoms with Crippen LogP contribution in [-0.4, -0.2) is 49.0 Å². The Morgan fingerprint density at radius 3 is 2.79 bits per heavy atom. The topological polar surface area (TPSA) is 97.2 Å². The smallest absolute Gasteiger partial charge is 0.255 e. The third-order valence-corrected chi connectivity index (χ3v) is 6.69. The maximum absolute atomic E-state index is 12.8. The summed E-state index contributed by atoms with van der Waals surface area (Å²) in [7, 11) is 0. The van der Waals surface area contributed by atoms with Crippen LogP contribution in [-0.2, 0) is 21.5 Å². The quantitative estimate of drug-likeness (QED) is 0.570. The maximum atomic E-state index is 12.8. The van der Waals surface area contributed by atoms with Crippen molar-refractivity contribution in [1.29, 1.82) is 0 Å². The predicted octanol–water partition coefficient (Wildman–Crippen LogP) is 1.70. The van der Waals surface area contributed by atoms with Gasteiger partial charge in [0.25, 0.3) is 5.91 Å². The molecule has 1 atom stereocenters. The largest absolute Gasteiger partial charge is 0.322 e. The van der Waals surface area contributed by atoms with E-state index in [2.05, 4.69) is 45.4 Å². The number of halogens is 1. The zero-order chi connectivity index (χ0) is 20.1. The lowest BCUT2D eigenvalue weighted by atomic mass is 9.93. The van der Waals surface area contributed by atoms with Crippen molar-refractivity contribution in [3.05, 3.63) is 41.2 Å². The molecule has 0 radical (unpaired) electrons. The second-order valence-electron chi connectivity index (χ2n) is 7.81. The molecule has 3 amide bonds. The summed E-state index contributed by atoms with van der Waals surface area (Å²) < 4.78 is 1.69. The fourth-order valence-electron chi connectivity index (χ4n) is 3.47. The van der Waals surface area contributed by atoms with Crippen molar-refractivity contribution in [3.8, 4) is 5.69 Å². The number of piperidine rings is 1. The van der Waals surface area contributed by atoms with Crippen LogP contribution in [0.1, 0.15) is 48.3 Å². The lowest BCUT2D eigenvalue weighted by Gasteiger charge is -2.29. The first-order valence-corrected chi connectivity index (χ1v) is 10.2. The molecule has 4 rings (SSSR count). The zero-order valence-corrected chi connectivity index (χ0v) is 17.2. The first-order chi connectivity index (χ1) is 13.3. The van der Waals surface area contributed by atoms with Crippen LogP contribution in [0.15, 0.2) is 24.4 Å². The molecule has 1 aromatic heterocycles. The Bertz CT molecular complexity index is 984. The number of aromatic nitrogens is 3. The normalized spacial score (nSPS) is 19.8. The summed E-state index contributed by atoms with van der Waals surface area (Å²) in [5.74, 6) is -0.882. The molecular formula is C19H20BrN5O3. The number of imide groups is 1. The van der Waals surface area contributed by atoms with Gasteiger partial charge < -0.3 is 4.90 Å². The Labute approximate surface area is 170 Å². The van der Waals surface area contributed by atoms with Crippen molar-refractivity contribution in [2.45, 2.75) is 44.7 Å². The molecule has 9 heteroatoms. The van der Waals surface area contributed by atoms with Crippen molar-refractivity contribution in [2.24, 2.45) is 0 Å². The fourth-order valence-corrected chi connectivity index (χ4v) is 3.76. The van der Waals surface area contributed by atoms with E-state index in [1.54, 1.807) is 10.7 Å². The van der Waals surface area contributed by atoms with Crippen LogP contribution in [0.3, 0.4) is 0 Å². The van der Waals surface area contributed by atoms with E-state index in [1.807, 2.05) is 18.3 Å². The van der Waals surface area contributed by atoms with Gasteiger partial charge in [0, 0.05) is 29.3 Å². The lowest BCUT2D eigenvalue weighted by molar-refractivity contribution is -0.136. The molecule has 0 saturated carbocycles. The molecule has 2 aromatic rings. The van der Waals surface area contributed by atoms with E-state index in [1.165, 1.54) is 4.90 Å². The number of hydrogen-bond acceptors (Lipinski definition) is 5. The Morgan fingerprint density at radius 2 is 2.07 bits per heavy atom. The Hall–Kier alpha value is -2.55. The summed E-state index contributed by atoms with van der Waals surface area (Å²) in [6.07, 6.45) is 2.48. The monoisotopic (exact) mass is 445 g/mol. The number of carbonyl (C=O) groups excluding carboxylic acids is 3. The molecule has 8 nitrogen and oxygen atoms in total. The highest BCUT2D eigenvalue weighted by atomic mass is 79.9. The number of carbonyl (C=O) groups is 3. The molecule has 2 aliphatic rings. The van der Waals surface area contributed by atoms with Crippen molar-refractivity contribution >= 4 is 33.7 Å². The minimum absolute atomic E-state index is 0.145. The molecule has 28 heavy (non-hydrogen) atoms. The minimum atomic E-state index is -0.612. The van der Waals surface area contributed by atoms with E-state index in [0.29, 0.717) is 18.5 Å². The zero-order valence-electron chi connectivity index (χ0n) is 15.6. The van der Waals surface area contributed by atoms with Crippen molar-refractivity contribution < 1.29 is 14.4 Å². The molecule has 1 unspecified atom stereocenters. The number of rotatable bonds is 4. The highest BCUT2D eigenvalue weighted by molar-refractivity contribution is 9.09. The van der Waals surface area contributed by atoms with Crippen LogP contribution in [0, 0.1) is 0 Å². The predicted molar refractivity (Wildman–Crippen MR) is 104 cm³/mol. The van der Waals surface area contributed by atoms with E-state index in [0.717, 1.165) is 22.3 Å². The van der Waals surface area contributed by atoms with Gasteiger partial charge in [0.05, 0.1) is 17.6 Å². The second-order valence-corrected chi connectivity index (χ2v) is 8.37. The average Bonchev–Trinajstić information content (AvgIpc) is 3.28. The van der Waals surface area contributed by atoms with Crippen LogP contribution in [0.4, 0.5) is 0 Å². The summed E-state index contributed by atoms with van der Waals surface area (Å²) in [6, 6.07) is 4.87. The number of amides is 3. The van der Waals surface area contributed by atoms with Crippen molar-refractivity contribution in [2.75, 3.05) is 5.33 Å². The third-order valence-electron chi connectivity index (χ3n) is 5.29. The summed E-state index contributed by atoms with van der Waals surface area (Å²) >= 11 is 3.50. The minimum Gasteiger partial charge on any atom is -0.322 e. The van der Waals surface area contributed by atoms with E-state index in [4.69, 9.17) is 0 Å². The van der Waals surface area contributed by atoms with Gasteiger partial charge in [-0.05, 0) is 30.2 Å². The van der Waals surface area contributed by atoms with E-state index >= 15 is 0 Å². The van der Waals surface area contributed by atoms with Gasteiger partial charge in [-0.2, -0.15) is 0 Å². The number of nitrogens with one attached hydrogen (secondary N) is 1. The molecule has 0 bridgehead atoms. The van der Waals surface area contributed by atoms with Gasteiger partial charge in [-0.1, -0.05) is 35.0 Å². The first kappa shape index (κ1) is 18.8. The molecule has 1 saturated heterocycles. The molecule has 0 aliphatic carbocycles. The fraction of sp³-hybridized carbons (Fsp3) is 0.421. The Kier molecular flexibility index (Phi) is 4.57. The summed E-state index contributed by atoms with van der Waals surface area (Å²) in [4.78, 5) is 37.8. The standard InChI is InChI=1S/C19H20BrN5O3/c1-19(2,10-20)15-9-25(23-22-15)12-3-4-13-11(7-12)8-24(18(13)28)14-5-6-16(26)21-17(14)27/h3-4,7,9,14H,5-6,8,10H2,1-2H3,(H,21,26,27). The Morgan fingerprint density at radius 1 is 1.29 bits per heavy atom. The van der Waals surface area contributed by atoms with Gasteiger partial charge in [-0.3, -0.25) is 19.7 Å². The number of nitrogens with zero attached hydrogens (tertiary/aromatic N) is 4. The van der Waals surface area contributed by atoms with E-state index in [9.17, 15) is 14.4 Å². The second kappa shape index (κ2) is 6.80. The van der Waals surface area contributed by atoms with Gasteiger partial charge in [0.15, 0.2) is 0 Å². The molecule has 2 aliphatic heterocycles. The molecule has 0 spiro atoms. The molecule has 146 valence electrons. The summed E-state index contributed by atoms with van der Waals surface area (Å²) in [5, 5.41) is 11.6. The SMILES string of the molecule is CC(C)(CBr)c1cn(-c2ccc3c(c2)CN(C2CCC(=O)NC2=O)C3=O)nn1. The third kappa shape index (κ3) is 3.13. The van der Waals surface area contributed by atoms with Crippen LogP contribution in [0.5, 0.6) is 0 Å². The maximum Gasteiger partial charge on any atom is 0.255 e. The first-order valence-electron chi connectivity index (χ1n) is 9.07. The van der Waals surface area contributed by atoms with Crippen LogP contribution in [0.2, 0.25) is 0 Å². The molecule has 1 N–H and O–H groups in total. The molecule has 1 fully saturated rings. The van der Waals surface area contributed by atoms with Gasteiger partial charge in [-0.25, -0.2) is 4.68 Å². The summed E-state index contributed by atoms with van der Waals surface area (Å²) in [5.41, 5.74) is 2.94. The van der Waals surface area contributed by atoms with Crippen LogP contribution >= 0.6 is 15.9 Å². The van der Waals surface area contributed by atoms with Gasteiger partial charge in [0.1, 0.15) is 6.04 Å². The Balaban J connectivity index is 1.59. The van der Waals surface area contributed by atoms with Crippen molar-refractivity contribution in [1.82, 2.24) is 25.2 Å². The number of alkyl halides is 1. The number of benzene rings is 1. The highest BCUT2D eigenvalue weighted by Gasteiger charge is 2.39. The number of fused-ring (bicyclic) bond motifs is 1. The summed E-state index contributed by atoms with van der Waals surface area (Å²) in [6.45, 7) is 4.49. The molecular weight excluding hydrogens is 426 g/mol. The van der Waals surface area contributed by atoms with Gasteiger partial charge >= 0.3 is 0 Å². The van der Waals surface area contributed by atoms with Crippen LogP contribution < -0.4 is 5.32 Å². The molecule has 1 aromatic carbocycles. The lowest BCUT2D eigenvalue weighted by Crippen LogP contribution is -2.52. The van der Waals surface area contributed by atoms with Gasteiger partial charge in [0.2, 0.25) is 11.8 Å². The average molecular weight is 446 g/mol. The van der Waals surface area contributed by atoms with Gasteiger partial charge in [-0.15, -0.1) is 5.10 Å².